The zero-order valence-electron chi connectivity index (χ0n) is 10.8. The molecule has 0 bridgehead atoms. The lowest BCUT2D eigenvalue weighted by Gasteiger charge is -2.21. The first-order valence-electron chi connectivity index (χ1n) is 7.05. The van der Waals surface area contributed by atoms with E-state index in [4.69, 9.17) is 9.47 Å². The van der Waals surface area contributed by atoms with Crippen LogP contribution in [0.5, 0.6) is 11.5 Å². The molecule has 1 aromatic carbocycles. The van der Waals surface area contributed by atoms with Gasteiger partial charge in [0, 0.05) is 18.3 Å². The number of ether oxygens (including phenoxy) is 2. The van der Waals surface area contributed by atoms with Gasteiger partial charge < -0.3 is 14.8 Å². The van der Waals surface area contributed by atoms with Crippen molar-refractivity contribution in [3.05, 3.63) is 18.2 Å². The average molecular weight is 247 g/mol. The number of benzene rings is 1. The molecule has 0 radical (unpaired) electrons. The van der Waals surface area contributed by atoms with Crippen molar-refractivity contribution in [2.45, 2.75) is 38.5 Å². The second-order valence-corrected chi connectivity index (χ2v) is 5.29. The van der Waals surface area contributed by atoms with Crippen LogP contribution in [0.2, 0.25) is 0 Å². The highest BCUT2D eigenvalue weighted by Crippen LogP contribution is 2.34. The molecule has 1 aliphatic carbocycles. The van der Waals surface area contributed by atoms with Gasteiger partial charge >= 0.3 is 0 Å². The van der Waals surface area contributed by atoms with Crippen LogP contribution in [-0.2, 0) is 0 Å². The van der Waals surface area contributed by atoms with Gasteiger partial charge in [-0.2, -0.15) is 0 Å². The number of rotatable bonds is 4. The minimum Gasteiger partial charge on any atom is -0.454 e. The van der Waals surface area contributed by atoms with Crippen LogP contribution in [0, 0.1) is 5.92 Å². The summed E-state index contributed by atoms with van der Waals surface area (Å²) in [5, 5.41) is 3.49. The molecule has 18 heavy (non-hydrogen) atoms. The van der Waals surface area contributed by atoms with Crippen molar-refractivity contribution in [3.63, 3.8) is 0 Å². The van der Waals surface area contributed by atoms with Crippen LogP contribution in [-0.4, -0.2) is 13.3 Å². The summed E-state index contributed by atoms with van der Waals surface area (Å²) in [4.78, 5) is 0. The van der Waals surface area contributed by atoms with Crippen molar-refractivity contribution in [1.29, 1.82) is 0 Å². The fourth-order valence-electron chi connectivity index (χ4n) is 2.90. The quantitative estimate of drug-likeness (QED) is 0.878. The van der Waals surface area contributed by atoms with Gasteiger partial charge in [0.2, 0.25) is 6.79 Å². The first-order chi connectivity index (χ1) is 8.92. The van der Waals surface area contributed by atoms with Crippen molar-refractivity contribution >= 4 is 5.69 Å². The molecule has 0 spiro atoms. The third-order valence-corrected chi connectivity index (χ3v) is 3.98. The summed E-state index contributed by atoms with van der Waals surface area (Å²) in [5.41, 5.74) is 1.13. The van der Waals surface area contributed by atoms with Crippen molar-refractivity contribution in [3.8, 4) is 11.5 Å². The van der Waals surface area contributed by atoms with Crippen LogP contribution < -0.4 is 14.8 Å². The van der Waals surface area contributed by atoms with E-state index in [-0.39, 0.29) is 0 Å². The molecule has 1 N–H and O–H groups in total. The van der Waals surface area contributed by atoms with E-state index < -0.39 is 0 Å². The predicted octanol–water partition coefficient (Wildman–Crippen LogP) is 3.80. The molecule has 1 aromatic rings. The molecule has 0 amide bonds. The molecule has 0 aromatic heterocycles. The molecule has 2 aliphatic rings. The Kier molecular flexibility index (Phi) is 3.58. The van der Waals surface area contributed by atoms with Crippen molar-refractivity contribution < 1.29 is 9.47 Å². The number of fused-ring (bicyclic) bond motifs is 1. The fourth-order valence-corrected chi connectivity index (χ4v) is 2.90. The van der Waals surface area contributed by atoms with E-state index in [2.05, 4.69) is 11.4 Å². The van der Waals surface area contributed by atoms with Gasteiger partial charge in [0.05, 0.1) is 0 Å². The van der Waals surface area contributed by atoms with E-state index in [0.29, 0.717) is 6.79 Å². The first kappa shape index (κ1) is 11.7. The molecular formula is C15H21NO2. The van der Waals surface area contributed by atoms with Gasteiger partial charge in [0.15, 0.2) is 11.5 Å². The van der Waals surface area contributed by atoms with Gasteiger partial charge in [-0.05, 0) is 24.5 Å². The first-order valence-corrected chi connectivity index (χ1v) is 7.05. The summed E-state index contributed by atoms with van der Waals surface area (Å²) in [6.45, 7) is 1.41. The molecule has 3 rings (SSSR count). The van der Waals surface area contributed by atoms with Crippen molar-refractivity contribution in [2.75, 3.05) is 18.7 Å². The Labute approximate surface area is 108 Å². The maximum absolute atomic E-state index is 5.37. The molecule has 1 heterocycles. The molecule has 1 saturated carbocycles. The lowest BCUT2D eigenvalue weighted by atomic mass is 9.87. The number of hydrogen-bond donors (Lipinski definition) is 1. The molecule has 0 unspecified atom stereocenters. The highest BCUT2D eigenvalue weighted by Gasteiger charge is 2.14. The van der Waals surface area contributed by atoms with Gasteiger partial charge in [-0.15, -0.1) is 0 Å². The van der Waals surface area contributed by atoms with Crippen molar-refractivity contribution in [1.82, 2.24) is 0 Å². The zero-order chi connectivity index (χ0) is 12.2. The Hall–Kier alpha value is -1.38. The van der Waals surface area contributed by atoms with Crippen LogP contribution in [0.15, 0.2) is 18.2 Å². The number of nitrogens with one attached hydrogen (secondary N) is 1. The summed E-state index contributed by atoms with van der Waals surface area (Å²) in [5.74, 6) is 2.64. The molecule has 98 valence electrons. The minimum atomic E-state index is 0.348. The monoisotopic (exact) mass is 247 g/mol. The lowest BCUT2D eigenvalue weighted by molar-refractivity contribution is 0.174. The van der Waals surface area contributed by atoms with Crippen LogP contribution >= 0.6 is 0 Å². The van der Waals surface area contributed by atoms with E-state index in [1.165, 1.54) is 38.5 Å². The standard InChI is InChI=1S/C15H21NO2/c1-2-4-12(5-3-1)8-9-16-13-6-7-14-15(10-13)18-11-17-14/h6-7,10,12,16H,1-5,8-9,11H2. The Morgan fingerprint density at radius 2 is 1.89 bits per heavy atom. The zero-order valence-corrected chi connectivity index (χ0v) is 10.8. The summed E-state index contributed by atoms with van der Waals surface area (Å²) >= 11 is 0. The number of hydrogen-bond acceptors (Lipinski definition) is 3. The van der Waals surface area contributed by atoms with Gasteiger partial charge in [0.25, 0.3) is 0 Å². The molecule has 0 atom stereocenters. The third-order valence-electron chi connectivity index (χ3n) is 3.98. The van der Waals surface area contributed by atoms with E-state index >= 15 is 0 Å². The van der Waals surface area contributed by atoms with E-state index in [0.717, 1.165) is 29.6 Å². The van der Waals surface area contributed by atoms with E-state index in [9.17, 15) is 0 Å². The Morgan fingerprint density at radius 1 is 1.06 bits per heavy atom. The van der Waals surface area contributed by atoms with Gasteiger partial charge in [0.1, 0.15) is 0 Å². The Morgan fingerprint density at radius 3 is 2.78 bits per heavy atom. The molecule has 1 aliphatic heterocycles. The smallest absolute Gasteiger partial charge is 0.231 e. The van der Waals surface area contributed by atoms with Crippen molar-refractivity contribution in [2.24, 2.45) is 5.92 Å². The van der Waals surface area contributed by atoms with Gasteiger partial charge in [-0.3, -0.25) is 0 Å². The van der Waals surface area contributed by atoms with Crippen LogP contribution in [0.25, 0.3) is 0 Å². The normalized spacial score (nSPS) is 18.9. The van der Waals surface area contributed by atoms with Gasteiger partial charge in [-0.25, -0.2) is 0 Å². The van der Waals surface area contributed by atoms with Gasteiger partial charge in [-0.1, -0.05) is 32.1 Å². The molecule has 1 fully saturated rings. The van der Waals surface area contributed by atoms with E-state index in [1.807, 2.05) is 12.1 Å². The SMILES string of the molecule is c1cc2c(cc1NCCC1CCCCC1)OCO2. The summed E-state index contributed by atoms with van der Waals surface area (Å²) in [6.07, 6.45) is 8.41. The molecular weight excluding hydrogens is 226 g/mol. The maximum atomic E-state index is 5.37. The fraction of sp³-hybridized carbons (Fsp3) is 0.600. The highest BCUT2D eigenvalue weighted by molar-refractivity contribution is 5.55. The largest absolute Gasteiger partial charge is 0.454 e. The molecule has 3 heteroatoms. The van der Waals surface area contributed by atoms with Crippen LogP contribution in [0.4, 0.5) is 5.69 Å². The van der Waals surface area contributed by atoms with Crippen LogP contribution in [0.1, 0.15) is 38.5 Å². The lowest BCUT2D eigenvalue weighted by Crippen LogP contribution is -2.12. The topological polar surface area (TPSA) is 30.5 Å². The maximum Gasteiger partial charge on any atom is 0.231 e. The predicted molar refractivity (Wildman–Crippen MR) is 72.2 cm³/mol. The highest BCUT2D eigenvalue weighted by atomic mass is 16.7. The average Bonchev–Trinajstić information content (AvgIpc) is 2.87. The van der Waals surface area contributed by atoms with Crippen LogP contribution in [0.3, 0.4) is 0 Å². The summed E-state index contributed by atoms with van der Waals surface area (Å²) in [7, 11) is 0. The molecule has 0 saturated heterocycles. The minimum absolute atomic E-state index is 0.348. The third kappa shape index (κ3) is 2.71. The number of anilines is 1. The molecule has 3 nitrogen and oxygen atoms in total. The Bertz CT molecular complexity index is 399. The van der Waals surface area contributed by atoms with E-state index in [1.54, 1.807) is 0 Å². The summed E-state index contributed by atoms with van der Waals surface area (Å²) < 4.78 is 10.7. The second-order valence-electron chi connectivity index (χ2n) is 5.29. The second kappa shape index (κ2) is 5.51. The Balaban J connectivity index is 1.48. The summed E-state index contributed by atoms with van der Waals surface area (Å²) in [6, 6.07) is 6.07.